The van der Waals surface area contributed by atoms with Crippen molar-refractivity contribution < 1.29 is 5.11 Å². The molecule has 5 aliphatic rings. The molecular weight excluding hydrogens is 256 g/mol. The first-order valence-corrected chi connectivity index (χ1v) is 9.39. The molecule has 0 bridgehead atoms. The summed E-state index contributed by atoms with van der Waals surface area (Å²) in [6.07, 6.45) is 13.1. The van der Waals surface area contributed by atoms with Crippen molar-refractivity contribution in [2.75, 3.05) is 0 Å². The minimum absolute atomic E-state index is 0.0611. The van der Waals surface area contributed by atoms with Gasteiger partial charge >= 0.3 is 0 Å². The third-order valence-electron chi connectivity index (χ3n) is 8.62. The topological polar surface area (TPSA) is 20.2 Å². The molecule has 8 atom stereocenters. The number of rotatable bonds is 0. The molecular formula is C20H30O. The lowest BCUT2D eigenvalue weighted by atomic mass is 9.47. The molecule has 5 aliphatic carbocycles. The van der Waals surface area contributed by atoms with Crippen molar-refractivity contribution in [3.8, 4) is 0 Å². The van der Waals surface area contributed by atoms with Crippen LogP contribution < -0.4 is 0 Å². The molecule has 4 saturated carbocycles. The lowest BCUT2D eigenvalue weighted by molar-refractivity contribution is -0.0470. The predicted molar refractivity (Wildman–Crippen MR) is 84.7 cm³/mol. The van der Waals surface area contributed by atoms with Gasteiger partial charge in [0.1, 0.15) is 0 Å². The number of hydrogen-bond acceptors (Lipinski definition) is 1. The Hall–Kier alpha value is -0.300. The Labute approximate surface area is 129 Å². The van der Waals surface area contributed by atoms with Crippen LogP contribution in [-0.2, 0) is 0 Å². The van der Waals surface area contributed by atoms with E-state index >= 15 is 0 Å². The third kappa shape index (κ3) is 1.62. The highest BCUT2D eigenvalue weighted by Crippen LogP contribution is 2.73. The Morgan fingerprint density at radius 3 is 2.86 bits per heavy atom. The molecule has 21 heavy (non-hydrogen) atoms. The average Bonchev–Trinajstić information content (AvgIpc) is 3.10. The van der Waals surface area contributed by atoms with Crippen molar-refractivity contribution in [1.29, 1.82) is 0 Å². The summed E-state index contributed by atoms with van der Waals surface area (Å²) in [6, 6.07) is 0. The molecule has 0 amide bonds. The molecule has 0 aromatic carbocycles. The second-order valence-electron chi connectivity index (χ2n) is 9.63. The molecule has 1 unspecified atom stereocenters. The maximum absolute atomic E-state index is 10.1. The van der Waals surface area contributed by atoms with Gasteiger partial charge in [-0.2, -0.15) is 0 Å². The third-order valence-corrected chi connectivity index (χ3v) is 8.62. The van der Waals surface area contributed by atoms with E-state index in [9.17, 15) is 5.11 Å². The van der Waals surface area contributed by atoms with Gasteiger partial charge in [-0.1, -0.05) is 25.5 Å². The summed E-state index contributed by atoms with van der Waals surface area (Å²) in [5.41, 5.74) is 2.73. The van der Waals surface area contributed by atoms with Crippen LogP contribution in [0.2, 0.25) is 0 Å². The molecule has 5 rings (SSSR count). The second kappa shape index (κ2) is 3.96. The van der Waals surface area contributed by atoms with Gasteiger partial charge in [0.15, 0.2) is 0 Å². The van der Waals surface area contributed by atoms with Crippen LogP contribution in [-0.4, -0.2) is 11.2 Å². The molecule has 4 fully saturated rings. The molecule has 0 radical (unpaired) electrons. The van der Waals surface area contributed by atoms with Gasteiger partial charge in [0, 0.05) is 0 Å². The highest BCUT2D eigenvalue weighted by atomic mass is 16.3. The number of allylic oxidation sites excluding steroid dienone is 1. The van der Waals surface area contributed by atoms with E-state index in [1.165, 1.54) is 32.1 Å². The van der Waals surface area contributed by atoms with Crippen LogP contribution in [0.3, 0.4) is 0 Å². The Balaban J connectivity index is 1.52. The van der Waals surface area contributed by atoms with Crippen LogP contribution in [0.5, 0.6) is 0 Å². The zero-order valence-corrected chi connectivity index (χ0v) is 13.6. The number of aliphatic hydroxyl groups excluding tert-OH is 1. The van der Waals surface area contributed by atoms with Crippen LogP contribution >= 0.6 is 0 Å². The van der Waals surface area contributed by atoms with Crippen LogP contribution in [0, 0.1) is 40.4 Å². The smallest absolute Gasteiger partial charge is 0.0577 e. The van der Waals surface area contributed by atoms with E-state index in [0.29, 0.717) is 10.8 Å². The van der Waals surface area contributed by atoms with Gasteiger partial charge in [-0.05, 0) is 91.8 Å². The summed E-state index contributed by atoms with van der Waals surface area (Å²) in [7, 11) is 0. The molecule has 0 spiro atoms. The van der Waals surface area contributed by atoms with Crippen molar-refractivity contribution in [2.24, 2.45) is 40.4 Å². The van der Waals surface area contributed by atoms with Crippen LogP contribution in [0.25, 0.3) is 0 Å². The standard InChI is InChI=1S/C20H30O/c1-19-7-6-17-15(18(19)16-9-12(16)11-19)4-3-13-10-14(21)5-8-20(13,17)2/h3,12,14-18,21H,4-11H2,1-2H3/t12-,14?,15+,16-,17-,18+,19+,20-/m0/s1. The van der Waals surface area contributed by atoms with Crippen molar-refractivity contribution in [2.45, 2.75) is 71.3 Å². The van der Waals surface area contributed by atoms with Gasteiger partial charge in [-0.25, -0.2) is 0 Å². The monoisotopic (exact) mass is 286 g/mol. The van der Waals surface area contributed by atoms with Crippen LogP contribution in [0.4, 0.5) is 0 Å². The van der Waals surface area contributed by atoms with Crippen molar-refractivity contribution >= 4 is 0 Å². The van der Waals surface area contributed by atoms with E-state index in [-0.39, 0.29) is 6.10 Å². The predicted octanol–water partition coefficient (Wildman–Crippen LogP) is 4.56. The van der Waals surface area contributed by atoms with E-state index in [2.05, 4.69) is 19.9 Å². The quantitative estimate of drug-likeness (QED) is 0.647. The number of aliphatic hydroxyl groups is 1. The molecule has 0 saturated heterocycles. The molecule has 116 valence electrons. The van der Waals surface area contributed by atoms with Crippen LogP contribution in [0.1, 0.15) is 65.2 Å². The summed E-state index contributed by atoms with van der Waals surface area (Å²) >= 11 is 0. The lowest BCUT2D eigenvalue weighted by Gasteiger charge is -2.58. The van der Waals surface area contributed by atoms with Crippen molar-refractivity contribution in [1.82, 2.24) is 0 Å². The fourth-order valence-corrected chi connectivity index (χ4v) is 7.59. The highest BCUT2D eigenvalue weighted by Gasteiger charge is 2.65. The first-order valence-electron chi connectivity index (χ1n) is 9.39. The molecule has 0 aromatic heterocycles. The fourth-order valence-electron chi connectivity index (χ4n) is 7.59. The lowest BCUT2D eigenvalue weighted by Crippen LogP contribution is -2.50. The van der Waals surface area contributed by atoms with Gasteiger partial charge in [0.05, 0.1) is 6.10 Å². The van der Waals surface area contributed by atoms with Gasteiger partial charge in [-0.15, -0.1) is 0 Å². The van der Waals surface area contributed by atoms with Crippen LogP contribution in [0.15, 0.2) is 11.6 Å². The van der Waals surface area contributed by atoms with Gasteiger partial charge < -0.3 is 5.11 Å². The Bertz CT molecular complexity index is 508. The van der Waals surface area contributed by atoms with Gasteiger partial charge in [0.2, 0.25) is 0 Å². The van der Waals surface area contributed by atoms with Gasteiger partial charge in [-0.3, -0.25) is 0 Å². The van der Waals surface area contributed by atoms with E-state index in [1.807, 2.05) is 0 Å². The number of hydrogen-bond donors (Lipinski definition) is 1. The SMILES string of the molecule is C[C@]12CC[C@H]3[C@@H](CC=C4CC(O)CC[C@@]43C)[C@@H]1[C@H]1C[C@H]1C2. The molecule has 0 aliphatic heterocycles. The first-order chi connectivity index (χ1) is 10.0. The van der Waals surface area contributed by atoms with E-state index in [0.717, 1.165) is 42.4 Å². The minimum atomic E-state index is -0.0611. The summed E-state index contributed by atoms with van der Waals surface area (Å²) < 4.78 is 0. The van der Waals surface area contributed by atoms with E-state index in [4.69, 9.17) is 0 Å². The Morgan fingerprint density at radius 2 is 2.00 bits per heavy atom. The minimum Gasteiger partial charge on any atom is -0.393 e. The molecule has 0 aromatic rings. The largest absolute Gasteiger partial charge is 0.393 e. The van der Waals surface area contributed by atoms with E-state index < -0.39 is 0 Å². The number of fused-ring (bicyclic) bond motifs is 7. The van der Waals surface area contributed by atoms with Crippen molar-refractivity contribution in [3.63, 3.8) is 0 Å². The maximum atomic E-state index is 10.1. The second-order valence-corrected chi connectivity index (χ2v) is 9.63. The molecule has 0 heterocycles. The Kier molecular flexibility index (Phi) is 2.48. The van der Waals surface area contributed by atoms with Crippen molar-refractivity contribution in [3.05, 3.63) is 11.6 Å². The Morgan fingerprint density at radius 1 is 1.14 bits per heavy atom. The van der Waals surface area contributed by atoms with Gasteiger partial charge in [0.25, 0.3) is 0 Å². The summed E-state index contributed by atoms with van der Waals surface area (Å²) in [5, 5.41) is 10.1. The first kappa shape index (κ1) is 13.2. The highest BCUT2D eigenvalue weighted by molar-refractivity contribution is 5.26. The molecule has 1 nitrogen and oxygen atoms in total. The van der Waals surface area contributed by atoms with E-state index in [1.54, 1.807) is 12.0 Å². The molecule has 1 heteroatoms. The molecule has 1 N–H and O–H groups in total. The zero-order chi connectivity index (χ0) is 14.4. The normalized spacial score (nSPS) is 61.2. The summed E-state index contributed by atoms with van der Waals surface area (Å²) in [5.74, 6) is 5.11. The summed E-state index contributed by atoms with van der Waals surface area (Å²) in [4.78, 5) is 0. The zero-order valence-electron chi connectivity index (χ0n) is 13.6. The fraction of sp³-hybridized carbons (Fsp3) is 0.900. The maximum Gasteiger partial charge on any atom is 0.0577 e. The average molecular weight is 286 g/mol. The summed E-state index contributed by atoms with van der Waals surface area (Å²) in [6.45, 7) is 5.16.